The number of aromatic amines is 1. The predicted octanol–water partition coefficient (Wildman–Crippen LogP) is 1.98. The van der Waals surface area contributed by atoms with Crippen LogP contribution in [-0.4, -0.2) is 51.8 Å². The van der Waals surface area contributed by atoms with Gasteiger partial charge in [-0.25, -0.2) is 4.79 Å². The first-order valence-electron chi connectivity index (χ1n) is 8.69. The van der Waals surface area contributed by atoms with Gasteiger partial charge < -0.3 is 19.7 Å². The summed E-state index contributed by atoms with van der Waals surface area (Å²) in [5.74, 6) is -0.265. The summed E-state index contributed by atoms with van der Waals surface area (Å²) >= 11 is 0. The van der Waals surface area contributed by atoms with Crippen LogP contribution in [0.15, 0.2) is 0 Å². The number of amides is 2. The van der Waals surface area contributed by atoms with Crippen LogP contribution in [-0.2, 0) is 32.0 Å². The lowest BCUT2D eigenvalue weighted by Crippen LogP contribution is -2.39. The molecule has 1 aromatic heterocycles. The van der Waals surface area contributed by atoms with Gasteiger partial charge in [0.2, 0.25) is 5.91 Å². The molecule has 9 nitrogen and oxygen atoms in total. The fourth-order valence-corrected chi connectivity index (χ4v) is 2.55. The Morgan fingerprint density at radius 1 is 1.27 bits per heavy atom. The summed E-state index contributed by atoms with van der Waals surface area (Å²) in [5, 5.41) is 9.68. The molecule has 2 N–H and O–H groups in total. The Kier molecular flexibility index (Phi) is 6.23. The van der Waals surface area contributed by atoms with Crippen molar-refractivity contribution in [3.8, 4) is 0 Å². The number of carbonyl (C=O) groups excluding carboxylic acids is 3. The van der Waals surface area contributed by atoms with Gasteiger partial charge in [0.25, 0.3) is 0 Å². The van der Waals surface area contributed by atoms with Crippen LogP contribution in [0.1, 0.15) is 51.8 Å². The van der Waals surface area contributed by atoms with Gasteiger partial charge in [-0.1, -0.05) is 0 Å². The molecule has 0 aliphatic carbocycles. The van der Waals surface area contributed by atoms with Crippen molar-refractivity contribution >= 4 is 23.8 Å². The summed E-state index contributed by atoms with van der Waals surface area (Å²) in [4.78, 5) is 37.0. The molecule has 1 aromatic rings. The van der Waals surface area contributed by atoms with Gasteiger partial charge in [-0.2, -0.15) is 5.10 Å². The minimum Gasteiger partial charge on any atom is -0.466 e. The summed E-state index contributed by atoms with van der Waals surface area (Å²) in [6.07, 6.45) is 0.236. The van der Waals surface area contributed by atoms with Crippen molar-refractivity contribution in [2.24, 2.45) is 0 Å². The summed E-state index contributed by atoms with van der Waals surface area (Å²) in [5.41, 5.74) is 1.08. The van der Waals surface area contributed by atoms with E-state index in [2.05, 4.69) is 15.5 Å². The highest BCUT2D eigenvalue weighted by Crippen LogP contribution is 2.25. The molecule has 26 heavy (non-hydrogen) atoms. The maximum absolute atomic E-state index is 12.2. The Labute approximate surface area is 152 Å². The highest BCUT2D eigenvalue weighted by Gasteiger charge is 2.28. The summed E-state index contributed by atoms with van der Waals surface area (Å²) < 4.78 is 10.2. The third kappa shape index (κ3) is 5.47. The van der Waals surface area contributed by atoms with Crippen LogP contribution in [0.5, 0.6) is 0 Å². The van der Waals surface area contributed by atoms with Gasteiger partial charge in [0.15, 0.2) is 5.82 Å². The van der Waals surface area contributed by atoms with Crippen LogP contribution in [0.3, 0.4) is 0 Å². The zero-order chi connectivity index (χ0) is 19.3. The molecule has 0 bridgehead atoms. The number of anilines is 1. The van der Waals surface area contributed by atoms with E-state index in [9.17, 15) is 14.4 Å². The van der Waals surface area contributed by atoms with Gasteiger partial charge in [-0.15, -0.1) is 0 Å². The van der Waals surface area contributed by atoms with Crippen molar-refractivity contribution in [1.82, 2.24) is 15.1 Å². The molecule has 0 saturated carbocycles. The average molecular weight is 366 g/mol. The van der Waals surface area contributed by atoms with Crippen molar-refractivity contribution in [3.63, 3.8) is 0 Å². The second-order valence-corrected chi connectivity index (χ2v) is 7.03. The first kappa shape index (κ1) is 19.7. The third-order valence-electron chi connectivity index (χ3n) is 3.70. The van der Waals surface area contributed by atoms with Crippen LogP contribution >= 0.6 is 0 Å². The standard InChI is InChI=1S/C17H26N4O5/c1-5-25-14(23)7-6-13(22)18-15-11-8-9-21(10-12(11)19-20-15)16(24)26-17(2,3)4/h5-10H2,1-4H3,(H2,18,19,20,22). The van der Waals surface area contributed by atoms with E-state index in [1.165, 1.54) is 0 Å². The Bertz CT molecular complexity index is 677. The zero-order valence-electron chi connectivity index (χ0n) is 15.7. The van der Waals surface area contributed by atoms with Gasteiger partial charge in [0.05, 0.1) is 25.3 Å². The first-order chi connectivity index (χ1) is 12.2. The normalized spacial score (nSPS) is 13.8. The van der Waals surface area contributed by atoms with Gasteiger partial charge in [0.1, 0.15) is 5.60 Å². The van der Waals surface area contributed by atoms with Crippen LogP contribution < -0.4 is 5.32 Å². The number of aromatic nitrogens is 2. The molecule has 0 saturated heterocycles. The molecular weight excluding hydrogens is 340 g/mol. The van der Waals surface area contributed by atoms with E-state index in [1.807, 2.05) is 20.8 Å². The maximum Gasteiger partial charge on any atom is 0.410 e. The monoisotopic (exact) mass is 366 g/mol. The van der Waals surface area contributed by atoms with Crippen LogP contribution in [0.2, 0.25) is 0 Å². The van der Waals surface area contributed by atoms with Gasteiger partial charge in [-0.3, -0.25) is 14.7 Å². The SMILES string of the molecule is CCOC(=O)CCC(=O)Nc1n[nH]c2c1CCN(C(=O)OC(C)(C)C)C2. The van der Waals surface area contributed by atoms with E-state index in [-0.39, 0.29) is 24.8 Å². The lowest BCUT2D eigenvalue weighted by molar-refractivity contribution is -0.144. The van der Waals surface area contributed by atoms with E-state index in [1.54, 1.807) is 11.8 Å². The summed E-state index contributed by atoms with van der Waals surface area (Å²) in [6, 6.07) is 0. The van der Waals surface area contributed by atoms with Crippen molar-refractivity contribution in [2.75, 3.05) is 18.5 Å². The molecule has 0 atom stereocenters. The lowest BCUT2D eigenvalue weighted by atomic mass is 10.1. The Morgan fingerprint density at radius 3 is 2.65 bits per heavy atom. The zero-order valence-corrected chi connectivity index (χ0v) is 15.7. The molecular formula is C17H26N4O5. The van der Waals surface area contributed by atoms with Crippen molar-refractivity contribution < 1.29 is 23.9 Å². The smallest absolute Gasteiger partial charge is 0.410 e. The number of H-pyrrole nitrogens is 1. The molecule has 0 fully saturated rings. The van der Waals surface area contributed by atoms with Crippen molar-refractivity contribution in [2.45, 2.75) is 59.1 Å². The van der Waals surface area contributed by atoms with Crippen LogP contribution in [0.4, 0.5) is 10.6 Å². The second kappa shape index (κ2) is 8.20. The first-order valence-corrected chi connectivity index (χ1v) is 8.69. The van der Waals surface area contributed by atoms with E-state index in [0.29, 0.717) is 31.9 Å². The number of carbonyl (C=O) groups is 3. The average Bonchev–Trinajstić information content (AvgIpc) is 2.94. The number of esters is 1. The van der Waals surface area contributed by atoms with Crippen molar-refractivity contribution in [3.05, 3.63) is 11.3 Å². The second-order valence-electron chi connectivity index (χ2n) is 7.03. The fourth-order valence-electron chi connectivity index (χ4n) is 2.55. The van der Waals surface area contributed by atoms with Crippen LogP contribution in [0.25, 0.3) is 0 Å². The summed E-state index contributed by atoms with van der Waals surface area (Å²) in [6.45, 7) is 8.29. The number of nitrogens with zero attached hydrogens (tertiary/aromatic N) is 2. The van der Waals surface area contributed by atoms with Gasteiger partial charge in [-0.05, 0) is 34.1 Å². The van der Waals surface area contributed by atoms with E-state index < -0.39 is 11.6 Å². The number of hydrogen-bond donors (Lipinski definition) is 2. The molecule has 0 radical (unpaired) electrons. The Morgan fingerprint density at radius 2 is 2.00 bits per heavy atom. The minimum absolute atomic E-state index is 0.0265. The predicted molar refractivity (Wildman–Crippen MR) is 93.4 cm³/mol. The molecule has 9 heteroatoms. The maximum atomic E-state index is 12.2. The Hall–Kier alpha value is -2.58. The highest BCUT2D eigenvalue weighted by atomic mass is 16.6. The number of ether oxygens (including phenoxy) is 2. The fraction of sp³-hybridized carbons (Fsp3) is 0.647. The van der Waals surface area contributed by atoms with Crippen molar-refractivity contribution in [1.29, 1.82) is 0 Å². The largest absolute Gasteiger partial charge is 0.466 e. The molecule has 2 rings (SSSR count). The van der Waals surface area contributed by atoms with E-state index >= 15 is 0 Å². The molecule has 0 spiro atoms. The third-order valence-corrected chi connectivity index (χ3v) is 3.70. The molecule has 2 heterocycles. The molecule has 144 valence electrons. The number of fused-ring (bicyclic) bond motifs is 1. The Balaban J connectivity index is 1.91. The lowest BCUT2D eigenvalue weighted by Gasteiger charge is -2.29. The highest BCUT2D eigenvalue weighted by molar-refractivity contribution is 5.92. The molecule has 0 aromatic carbocycles. The molecule has 2 amide bonds. The van der Waals surface area contributed by atoms with Gasteiger partial charge >= 0.3 is 12.1 Å². The molecule has 0 unspecified atom stereocenters. The number of nitrogens with one attached hydrogen (secondary N) is 2. The van der Waals surface area contributed by atoms with E-state index in [4.69, 9.17) is 9.47 Å². The quantitative estimate of drug-likeness (QED) is 0.770. The van der Waals surface area contributed by atoms with E-state index in [0.717, 1.165) is 11.3 Å². The topological polar surface area (TPSA) is 114 Å². The number of hydrogen-bond acceptors (Lipinski definition) is 6. The number of rotatable bonds is 5. The van der Waals surface area contributed by atoms with Crippen LogP contribution in [0, 0.1) is 0 Å². The summed E-state index contributed by atoms with van der Waals surface area (Å²) in [7, 11) is 0. The molecule has 1 aliphatic heterocycles. The molecule has 1 aliphatic rings. The minimum atomic E-state index is -0.552. The van der Waals surface area contributed by atoms with Gasteiger partial charge in [0, 0.05) is 18.5 Å².